The van der Waals surface area contributed by atoms with E-state index in [-0.39, 0.29) is 18.0 Å². The summed E-state index contributed by atoms with van der Waals surface area (Å²) >= 11 is 1.73. The SMILES string of the molecule is Cn1ccnc1C(NC1CCCC1C#N)c1cccs1. The molecule has 1 fully saturated rings. The summed E-state index contributed by atoms with van der Waals surface area (Å²) in [6.07, 6.45) is 7.01. The average molecular weight is 286 g/mol. The maximum absolute atomic E-state index is 9.26. The molecule has 0 aromatic carbocycles. The van der Waals surface area contributed by atoms with Gasteiger partial charge in [-0.15, -0.1) is 11.3 Å². The van der Waals surface area contributed by atoms with Gasteiger partial charge in [0.25, 0.3) is 0 Å². The summed E-state index contributed by atoms with van der Waals surface area (Å²) in [5, 5.41) is 15.0. The van der Waals surface area contributed by atoms with Crippen molar-refractivity contribution in [3.05, 3.63) is 40.6 Å². The molecule has 5 heteroatoms. The Morgan fingerprint density at radius 1 is 1.55 bits per heavy atom. The lowest BCUT2D eigenvalue weighted by Gasteiger charge is -2.23. The number of imidazole rings is 1. The van der Waals surface area contributed by atoms with Gasteiger partial charge in [0.15, 0.2) is 0 Å². The van der Waals surface area contributed by atoms with Crippen LogP contribution in [0.25, 0.3) is 0 Å². The van der Waals surface area contributed by atoms with Crippen LogP contribution in [0.4, 0.5) is 0 Å². The second-order valence-corrected chi connectivity index (χ2v) is 6.26. The number of aromatic nitrogens is 2. The molecule has 0 spiro atoms. The van der Waals surface area contributed by atoms with Crippen LogP contribution in [-0.4, -0.2) is 15.6 Å². The quantitative estimate of drug-likeness (QED) is 0.940. The number of nitrogens with zero attached hydrogens (tertiary/aromatic N) is 3. The fourth-order valence-electron chi connectivity index (χ4n) is 2.92. The van der Waals surface area contributed by atoms with Crippen LogP contribution in [0.2, 0.25) is 0 Å². The van der Waals surface area contributed by atoms with Crippen LogP contribution in [0.15, 0.2) is 29.9 Å². The normalized spacial score (nSPS) is 23.6. The maximum atomic E-state index is 9.26. The number of nitrogens with one attached hydrogen (secondary N) is 1. The van der Waals surface area contributed by atoms with Gasteiger partial charge in [-0.25, -0.2) is 4.98 Å². The number of hydrogen-bond donors (Lipinski definition) is 1. The predicted molar refractivity (Wildman–Crippen MR) is 79.2 cm³/mol. The summed E-state index contributed by atoms with van der Waals surface area (Å²) in [6, 6.07) is 6.98. The Bertz CT molecular complexity index is 596. The molecule has 3 unspecified atom stereocenters. The Balaban J connectivity index is 1.88. The summed E-state index contributed by atoms with van der Waals surface area (Å²) in [6.45, 7) is 0. The molecule has 2 heterocycles. The highest BCUT2D eigenvalue weighted by molar-refractivity contribution is 7.10. The first kappa shape index (κ1) is 13.3. The molecule has 1 N–H and O–H groups in total. The second-order valence-electron chi connectivity index (χ2n) is 5.28. The zero-order valence-electron chi connectivity index (χ0n) is 11.5. The second kappa shape index (κ2) is 5.78. The molecular formula is C15H18N4S. The Kier molecular flexibility index (Phi) is 3.86. The molecule has 1 aliphatic rings. The highest BCUT2D eigenvalue weighted by Gasteiger charge is 2.31. The van der Waals surface area contributed by atoms with E-state index in [0.29, 0.717) is 0 Å². The summed E-state index contributed by atoms with van der Waals surface area (Å²) in [4.78, 5) is 5.74. The first-order valence-corrected chi connectivity index (χ1v) is 7.84. The van der Waals surface area contributed by atoms with Crippen LogP contribution in [0.3, 0.4) is 0 Å². The van der Waals surface area contributed by atoms with Gasteiger partial charge in [-0.05, 0) is 24.3 Å². The molecule has 0 bridgehead atoms. The minimum absolute atomic E-state index is 0.0777. The molecule has 3 rings (SSSR count). The number of rotatable bonds is 4. The number of aryl methyl sites for hydroxylation is 1. The monoisotopic (exact) mass is 286 g/mol. The van der Waals surface area contributed by atoms with Gasteiger partial charge in [-0.1, -0.05) is 12.5 Å². The fourth-order valence-corrected chi connectivity index (χ4v) is 3.70. The van der Waals surface area contributed by atoms with Crippen molar-refractivity contribution in [1.82, 2.24) is 14.9 Å². The van der Waals surface area contributed by atoms with Gasteiger partial charge < -0.3 is 4.57 Å². The highest BCUT2D eigenvalue weighted by Crippen LogP contribution is 2.31. The third kappa shape index (κ3) is 2.49. The summed E-state index contributed by atoms with van der Waals surface area (Å²) in [5.74, 6) is 1.13. The topological polar surface area (TPSA) is 53.6 Å². The van der Waals surface area contributed by atoms with E-state index in [1.165, 1.54) is 4.88 Å². The van der Waals surface area contributed by atoms with Gasteiger partial charge in [-0.2, -0.15) is 5.26 Å². The van der Waals surface area contributed by atoms with Crippen molar-refractivity contribution in [2.45, 2.75) is 31.3 Å². The number of hydrogen-bond acceptors (Lipinski definition) is 4. The van der Waals surface area contributed by atoms with E-state index in [9.17, 15) is 5.26 Å². The Labute approximate surface area is 123 Å². The van der Waals surface area contributed by atoms with Crippen LogP contribution in [0.1, 0.15) is 36.0 Å². The van der Waals surface area contributed by atoms with Crippen LogP contribution in [0.5, 0.6) is 0 Å². The van der Waals surface area contributed by atoms with Crippen molar-refractivity contribution in [2.75, 3.05) is 0 Å². The van der Waals surface area contributed by atoms with Crippen LogP contribution in [0, 0.1) is 17.2 Å². The molecule has 0 amide bonds. The minimum Gasteiger partial charge on any atom is -0.336 e. The third-order valence-electron chi connectivity index (χ3n) is 4.01. The summed E-state index contributed by atoms with van der Waals surface area (Å²) < 4.78 is 2.05. The first-order chi connectivity index (χ1) is 9.79. The standard InChI is InChI=1S/C15H18N4S/c1-19-8-7-17-15(19)14(13-6-3-9-20-13)18-12-5-2-4-11(12)10-16/h3,6-9,11-12,14,18H,2,4-5H2,1H3. The molecule has 104 valence electrons. The van der Waals surface area contributed by atoms with E-state index in [4.69, 9.17) is 0 Å². The van der Waals surface area contributed by atoms with E-state index in [2.05, 4.69) is 33.9 Å². The van der Waals surface area contributed by atoms with E-state index in [1.54, 1.807) is 11.3 Å². The van der Waals surface area contributed by atoms with Gasteiger partial charge in [0, 0.05) is 30.4 Å². The predicted octanol–water partition coefficient (Wildman–Crippen LogP) is 2.85. The molecule has 4 nitrogen and oxygen atoms in total. The smallest absolute Gasteiger partial charge is 0.131 e. The average Bonchev–Trinajstić information content (AvgIpc) is 3.17. The Hall–Kier alpha value is -1.64. The van der Waals surface area contributed by atoms with Gasteiger partial charge in [0.05, 0.1) is 12.0 Å². The Morgan fingerprint density at radius 3 is 3.10 bits per heavy atom. The minimum atomic E-state index is 0.0777. The number of thiophene rings is 1. The largest absolute Gasteiger partial charge is 0.336 e. The van der Waals surface area contributed by atoms with Gasteiger partial charge in [-0.3, -0.25) is 5.32 Å². The van der Waals surface area contributed by atoms with E-state index >= 15 is 0 Å². The van der Waals surface area contributed by atoms with Gasteiger partial charge >= 0.3 is 0 Å². The van der Waals surface area contributed by atoms with E-state index in [1.807, 2.05) is 24.0 Å². The Morgan fingerprint density at radius 2 is 2.45 bits per heavy atom. The molecule has 2 aromatic rings. The lowest BCUT2D eigenvalue weighted by molar-refractivity contribution is 0.420. The van der Waals surface area contributed by atoms with E-state index in [0.717, 1.165) is 25.1 Å². The lowest BCUT2D eigenvalue weighted by Crippen LogP contribution is -2.36. The van der Waals surface area contributed by atoms with Crippen LogP contribution in [-0.2, 0) is 7.05 Å². The van der Waals surface area contributed by atoms with Crippen molar-refractivity contribution in [2.24, 2.45) is 13.0 Å². The van der Waals surface area contributed by atoms with Crippen molar-refractivity contribution in [1.29, 1.82) is 5.26 Å². The molecule has 2 aromatic heterocycles. The van der Waals surface area contributed by atoms with Crippen molar-refractivity contribution < 1.29 is 0 Å². The zero-order valence-corrected chi connectivity index (χ0v) is 12.3. The molecule has 0 radical (unpaired) electrons. The van der Waals surface area contributed by atoms with Crippen LogP contribution >= 0.6 is 11.3 Å². The molecule has 20 heavy (non-hydrogen) atoms. The molecule has 1 aliphatic carbocycles. The third-order valence-corrected chi connectivity index (χ3v) is 4.94. The van der Waals surface area contributed by atoms with Crippen molar-refractivity contribution in [3.63, 3.8) is 0 Å². The molecular weight excluding hydrogens is 268 g/mol. The molecule has 0 aliphatic heterocycles. The molecule has 1 saturated carbocycles. The lowest BCUT2D eigenvalue weighted by atomic mass is 10.0. The van der Waals surface area contributed by atoms with Gasteiger partial charge in [0.2, 0.25) is 0 Å². The highest BCUT2D eigenvalue weighted by atomic mass is 32.1. The van der Waals surface area contributed by atoms with Crippen molar-refractivity contribution >= 4 is 11.3 Å². The summed E-state index contributed by atoms with van der Waals surface area (Å²) in [7, 11) is 2.01. The molecule has 0 saturated heterocycles. The first-order valence-electron chi connectivity index (χ1n) is 6.96. The number of nitriles is 1. The van der Waals surface area contributed by atoms with E-state index < -0.39 is 0 Å². The van der Waals surface area contributed by atoms with Gasteiger partial charge in [0.1, 0.15) is 11.9 Å². The fraction of sp³-hybridized carbons (Fsp3) is 0.467. The zero-order chi connectivity index (χ0) is 13.9. The van der Waals surface area contributed by atoms with Crippen molar-refractivity contribution in [3.8, 4) is 6.07 Å². The molecule has 3 atom stereocenters. The summed E-state index contributed by atoms with van der Waals surface area (Å²) in [5.41, 5.74) is 0. The van der Waals surface area contributed by atoms with Crippen LogP contribution < -0.4 is 5.32 Å². The maximum Gasteiger partial charge on any atom is 0.131 e.